The highest BCUT2D eigenvalue weighted by Crippen LogP contribution is 2.36. The maximum absolute atomic E-state index is 12.0. The first-order valence-electron chi connectivity index (χ1n) is 9.10. The number of esters is 1. The Labute approximate surface area is 164 Å². The first-order chi connectivity index (χ1) is 13.6. The van der Waals surface area contributed by atoms with E-state index in [-0.39, 0.29) is 30.5 Å². The molecule has 0 aliphatic heterocycles. The van der Waals surface area contributed by atoms with Crippen LogP contribution in [-0.2, 0) is 29.2 Å². The van der Waals surface area contributed by atoms with Gasteiger partial charge in [-0.2, -0.15) is 0 Å². The first-order valence-corrected chi connectivity index (χ1v) is 9.10. The van der Waals surface area contributed by atoms with Gasteiger partial charge in [0.2, 0.25) is 0 Å². The van der Waals surface area contributed by atoms with Crippen LogP contribution in [0.15, 0.2) is 72.8 Å². The van der Waals surface area contributed by atoms with Crippen LogP contribution in [0.2, 0.25) is 0 Å². The molecule has 5 nitrogen and oxygen atoms in total. The lowest BCUT2D eigenvalue weighted by molar-refractivity contribution is -0.144. The van der Waals surface area contributed by atoms with Gasteiger partial charge in [0.25, 0.3) is 0 Å². The third-order valence-electron chi connectivity index (χ3n) is 4.33. The van der Waals surface area contributed by atoms with Crippen molar-refractivity contribution in [1.82, 2.24) is 0 Å². The molecule has 0 heterocycles. The number of nitrogen functional groups attached to an aromatic ring is 1. The molecule has 0 aromatic heterocycles. The number of aromatic hydroxyl groups is 1. The van der Waals surface area contributed by atoms with Crippen molar-refractivity contribution >= 4 is 11.7 Å². The highest BCUT2D eigenvalue weighted by atomic mass is 16.5. The van der Waals surface area contributed by atoms with Crippen molar-refractivity contribution in [1.29, 1.82) is 0 Å². The second-order valence-electron chi connectivity index (χ2n) is 6.41. The molecule has 0 unspecified atom stereocenters. The zero-order chi connectivity index (χ0) is 19.8. The fourth-order valence-electron chi connectivity index (χ4n) is 2.78. The van der Waals surface area contributed by atoms with Gasteiger partial charge < -0.3 is 20.3 Å². The molecule has 0 spiro atoms. The van der Waals surface area contributed by atoms with E-state index in [0.717, 1.165) is 16.7 Å². The number of aryl methyl sites for hydroxylation is 1. The summed E-state index contributed by atoms with van der Waals surface area (Å²) in [6.45, 7) is 0.539. The number of carbonyl (C=O) groups excluding carboxylic acids is 1. The van der Waals surface area contributed by atoms with Gasteiger partial charge in [-0.1, -0.05) is 66.7 Å². The van der Waals surface area contributed by atoms with Crippen LogP contribution in [0.4, 0.5) is 5.69 Å². The van der Waals surface area contributed by atoms with Gasteiger partial charge in [0, 0.05) is 6.42 Å². The normalized spacial score (nSPS) is 10.4. The number of hydrogen-bond donors (Lipinski definition) is 2. The van der Waals surface area contributed by atoms with Crippen LogP contribution in [0.1, 0.15) is 23.1 Å². The molecule has 0 saturated heterocycles. The van der Waals surface area contributed by atoms with Gasteiger partial charge in [-0.25, -0.2) is 0 Å². The first kappa shape index (κ1) is 19.3. The summed E-state index contributed by atoms with van der Waals surface area (Å²) in [5, 5.41) is 10.1. The van der Waals surface area contributed by atoms with Gasteiger partial charge in [-0.15, -0.1) is 0 Å². The van der Waals surface area contributed by atoms with Crippen LogP contribution in [0.3, 0.4) is 0 Å². The van der Waals surface area contributed by atoms with E-state index in [2.05, 4.69) is 0 Å². The van der Waals surface area contributed by atoms with Gasteiger partial charge >= 0.3 is 5.97 Å². The smallest absolute Gasteiger partial charge is 0.306 e. The maximum atomic E-state index is 12.0. The molecule has 0 atom stereocenters. The third kappa shape index (κ3) is 5.27. The van der Waals surface area contributed by atoms with Crippen LogP contribution in [0.25, 0.3) is 0 Å². The number of ether oxygens (including phenoxy) is 2. The average molecular weight is 377 g/mol. The number of rotatable bonds is 8. The highest BCUT2D eigenvalue weighted by molar-refractivity contribution is 5.71. The molecule has 0 bridgehead atoms. The zero-order valence-corrected chi connectivity index (χ0v) is 15.5. The molecule has 3 aromatic rings. The number of benzene rings is 3. The number of phenols is 1. The summed E-state index contributed by atoms with van der Waals surface area (Å²) in [7, 11) is 0. The third-order valence-corrected chi connectivity index (χ3v) is 4.33. The van der Waals surface area contributed by atoms with E-state index in [9.17, 15) is 9.90 Å². The Bertz CT molecular complexity index is 911. The van der Waals surface area contributed by atoms with E-state index in [1.54, 1.807) is 6.07 Å². The molecule has 0 saturated carbocycles. The topological polar surface area (TPSA) is 81.8 Å². The second kappa shape index (κ2) is 9.46. The van der Waals surface area contributed by atoms with Crippen molar-refractivity contribution in [3.8, 4) is 11.5 Å². The zero-order valence-electron chi connectivity index (χ0n) is 15.5. The quantitative estimate of drug-likeness (QED) is 0.453. The van der Waals surface area contributed by atoms with E-state index in [4.69, 9.17) is 15.2 Å². The molecule has 28 heavy (non-hydrogen) atoms. The maximum Gasteiger partial charge on any atom is 0.306 e. The molecule has 0 fully saturated rings. The number of anilines is 1. The fraction of sp³-hybridized carbons (Fsp3) is 0.174. The van der Waals surface area contributed by atoms with Gasteiger partial charge in [-0.05, 0) is 29.2 Å². The van der Waals surface area contributed by atoms with Crippen LogP contribution in [0, 0.1) is 0 Å². The lowest BCUT2D eigenvalue weighted by Gasteiger charge is -2.14. The molecule has 144 valence electrons. The number of nitrogens with two attached hydrogens (primary N) is 1. The minimum atomic E-state index is -0.303. The van der Waals surface area contributed by atoms with Gasteiger partial charge in [0.05, 0.1) is 5.69 Å². The lowest BCUT2D eigenvalue weighted by atomic mass is 10.1. The molecule has 0 amide bonds. The fourth-order valence-corrected chi connectivity index (χ4v) is 2.78. The Morgan fingerprint density at radius 3 is 2.11 bits per heavy atom. The van der Waals surface area contributed by atoms with Crippen molar-refractivity contribution in [2.24, 2.45) is 0 Å². The standard InChI is InChI=1S/C23H23NO4/c24-22-19(12-14-21(26)27-15-17-7-3-1-4-8-17)11-13-20(25)23(22)28-16-18-9-5-2-6-10-18/h1-11,13,25H,12,14-16,24H2. The van der Waals surface area contributed by atoms with Crippen LogP contribution in [-0.4, -0.2) is 11.1 Å². The monoisotopic (exact) mass is 377 g/mol. The van der Waals surface area contributed by atoms with Crippen molar-refractivity contribution < 1.29 is 19.4 Å². The van der Waals surface area contributed by atoms with Gasteiger partial charge in [0.15, 0.2) is 11.5 Å². The van der Waals surface area contributed by atoms with E-state index >= 15 is 0 Å². The van der Waals surface area contributed by atoms with Gasteiger partial charge in [0.1, 0.15) is 13.2 Å². The van der Waals surface area contributed by atoms with E-state index in [1.165, 1.54) is 6.07 Å². The average Bonchev–Trinajstić information content (AvgIpc) is 2.73. The van der Waals surface area contributed by atoms with E-state index < -0.39 is 0 Å². The Morgan fingerprint density at radius 1 is 0.857 bits per heavy atom. The molecule has 5 heteroatoms. The Morgan fingerprint density at radius 2 is 1.46 bits per heavy atom. The Hall–Kier alpha value is -3.47. The Balaban J connectivity index is 1.57. The summed E-state index contributed by atoms with van der Waals surface area (Å²) in [5.41, 5.74) is 9.15. The molecule has 0 aliphatic rings. The summed E-state index contributed by atoms with van der Waals surface area (Å²) < 4.78 is 11.0. The molecule has 3 aromatic carbocycles. The molecule has 3 N–H and O–H groups in total. The summed E-state index contributed by atoms with van der Waals surface area (Å²) >= 11 is 0. The highest BCUT2D eigenvalue weighted by Gasteiger charge is 2.14. The largest absolute Gasteiger partial charge is 0.504 e. The summed E-state index contributed by atoms with van der Waals surface area (Å²) in [6, 6.07) is 22.4. The van der Waals surface area contributed by atoms with Crippen molar-refractivity contribution in [3.63, 3.8) is 0 Å². The van der Waals surface area contributed by atoms with Crippen LogP contribution in [0.5, 0.6) is 11.5 Å². The van der Waals surface area contributed by atoms with Crippen molar-refractivity contribution in [3.05, 3.63) is 89.5 Å². The summed E-state index contributed by atoms with van der Waals surface area (Å²) in [6.07, 6.45) is 0.599. The predicted octanol–water partition coefficient (Wildman–Crippen LogP) is 4.23. The SMILES string of the molecule is Nc1c(CCC(=O)OCc2ccccc2)ccc(O)c1OCc1ccccc1. The number of phenolic OH excluding ortho intramolecular Hbond substituents is 1. The molecular formula is C23H23NO4. The number of carbonyl (C=O) groups is 1. The molecular weight excluding hydrogens is 354 g/mol. The number of hydrogen-bond acceptors (Lipinski definition) is 5. The van der Waals surface area contributed by atoms with Crippen molar-refractivity contribution in [2.45, 2.75) is 26.1 Å². The Kier molecular flexibility index (Phi) is 6.52. The molecule has 0 radical (unpaired) electrons. The summed E-state index contributed by atoms with van der Waals surface area (Å²) in [4.78, 5) is 12.0. The van der Waals surface area contributed by atoms with Crippen molar-refractivity contribution in [2.75, 3.05) is 5.73 Å². The molecule has 0 aliphatic carbocycles. The van der Waals surface area contributed by atoms with E-state index in [0.29, 0.717) is 18.7 Å². The molecule has 3 rings (SSSR count). The minimum Gasteiger partial charge on any atom is -0.504 e. The van der Waals surface area contributed by atoms with Crippen LogP contribution >= 0.6 is 0 Å². The lowest BCUT2D eigenvalue weighted by Crippen LogP contribution is -2.08. The predicted molar refractivity (Wildman–Crippen MR) is 108 cm³/mol. The van der Waals surface area contributed by atoms with Crippen LogP contribution < -0.4 is 10.5 Å². The van der Waals surface area contributed by atoms with Gasteiger partial charge in [-0.3, -0.25) is 4.79 Å². The minimum absolute atomic E-state index is 0.0242. The van der Waals surface area contributed by atoms with E-state index in [1.807, 2.05) is 60.7 Å². The summed E-state index contributed by atoms with van der Waals surface area (Å²) in [5.74, 6) is -0.0917. The second-order valence-corrected chi connectivity index (χ2v) is 6.41.